The maximum Gasteiger partial charge on any atom is 0.413 e. The van der Waals surface area contributed by atoms with Crippen molar-refractivity contribution in [2.45, 2.75) is 142 Å². The summed E-state index contributed by atoms with van der Waals surface area (Å²) in [6.07, 6.45) is -5.02. The van der Waals surface area contributed by atoms with Gasteiger partial charge in [0.2, 0.25) is 23.6 Å². The molecule has 10 atom stereocenters. The average molecular weight is 936 g/mol. The summed E-state index contributed by atoms with van der Waals surface area (Å²) in [6, 6.07) is 8.49. The third-order valence-corrected chi connectivity index (χ3v) is 12.4. The number of benzene rings is 2. The number of cyclic esters (lactones) is 2. The molecule has 2 aromatic rings. The van der Waals surface area contributed by atoms with Crippen molar-refractivity contribution < 1.29 is 62.4 Å². The zero-order valence-electron chi connectivity index (χ0n) is 40.3. The fraction of sp³-hybridized carbons (Fsp3) is 0.592. The highest BCUT2D eigenvalue weighted by molar-refractivity contribution is 6.05. The van der Waals surface area contributed by atoms with Gasteiger partial charge in [0.25, 0.3) is 0 Å². The number of ether oxygens (including phenoxy) is 4. The number of esters is 2. The van der Waals surface area contributed by atoms with E-state index in [4.69, 9.17) is 18.9 Å². The number of nitrogens with zero attached hydrogens (tertiary/aromatic N) is 2. The molecule has 18 nitrogen and oxygen atoms in total. The van der Waals surface area contributed by atoms with Gasteiger partial charge in [0, 0.05) is 20.0 Å². The van der Waals surface area contributed by atoms with E-state index in [0.29, 0.717) is 24.2 Å². The number of nitrogens with one attached hydrogen (secondary N) is 3. The molecule has 4 N–H and O–H groups in total. The number of fused-ring (bicyclic) bond motifs is 1. The van der Waals surface area contributed by atoms with Crippen LogP contribution in [0, 0.1) is 23.7 Å². The number of aliphatic hydroxyl groups excluding tert-OH is 1. The van der Waals surface area contributed by atoms with Crippen LogP contribution < -0.4 is 25.4 Å². The standard InChI is InChI=1S/C49H69N5O13/c1-11-29(6)40-38(55)26-39(56)67-43(28(4)5)42(57)30(7)44(58)50-35(24-27(2)3)46(60)54-23-15-18-36(54)47(61)53(9)37(25-32-19-21-33(64-10)22-20-32)48(62)65-31(8)41(45(59)51-40)52-49(63)66-34-16-13-12-14-17-34/h12-14,16-17,19-22,27-31,35-38,40-41,43,55H,11,15,18,23-26H2,1-10H3,(H,50,58)(H,51,59)(H,52,63)/t29-,30-,31+,35-,36-,37-,38-,40+,41-,43-/m0/s1. The van der Waals surface area contributed by atoms with Gasteiger partial charge in [-0.25, -0.2) is 9.59 Å². The van der Waals surface area contributed by atoms with E-state index in [9.17, 15) is 43.5 Å². The Morgan fingerprint density at radius 2 is 1.54 bits per heavy atom. The normalized spacial score (nSPS) is 27.1. The van der Waals surface area contributed by atoms with Crippen molar-refractivity contribution in [3.05, 3.63) is 60.2 Å². The molecule has 0 aromatic heterocycles. The number of carbonyl (C=O) groups excluding carboxylic acids is 8. The van der Waals surface area contributed by atoms with E-state index in [1.807, 2.05) is 13.8 Å². The monoisotopic (exact) mass is 935 g/mol. The lowest BCUT2D eigenvalue weighted by atomic mass is 9.91. The summed E-state index contributed by atoms with van der Waals surface area (Å²) in [5.41, 5.74) is 0.609. The molecule has 2 aliphatic rings. The highest BCUT2D eigenvalue weighted by Gasteiger charge is 2.44. The minimum Gasteiger partial charge on any atom is -0.497 e. The first-order valence-corrected chi connectivity index (χ1v) is 23.1. The van der Waals surface area contributed by atoms with Gasteiger partial charge < -0.3 is 49.8 Å². The van der Waals surface area contributed by atoms with Gasteiger partial charge in [-0.05, 0) is 80.7 Å². The molecule has 5 amide bonds. The van der Waals surface area contributed by atoms with Crippen LogP contribution in [0.2, 0.25) is 0 Å². The van der Waals surface area contributed by atoms with E-state index < -0.39 is 120 Å². The molecule has 67 heavy (non-hydrogen) atoms. The second kappa shape index (κ2) is 24.6. The fourth-order valence-electron chi connectivity index (χ4n) is 8.22. The fourth-order valence-corrected chi connectivity index (χ4v) is 8.22. The summed E-state index contributed by atoms with van der Waals surface area (Å²) in [6.45, 7) is 13.4. The molecule has 2 aliphatic heterocycles. The van der Waals surface area contributed by atoms with E-state index in [1.165, 1.54) is 49.9 Å². The van der Waals surface area contributed by atoms with Crippen molar-refractivity contribution in [1.29, 1.82) is 0 Å². The largest absolute Gasteiger partial charge is 0.497 e. The van der Waals surface area contributed by atoms with Crippen LogP contribution in [0.3, 0.4) is 0 Å². The molecule has 0 saturated carbocycles. The predicted octanol–water partition coefficient (Wildman–Crippen LogP) is 3.74. The van der Waals surface area contributed by atoms with Gasteiger partial charge in [-0.1, -0.05) is 78.3 Å². The van der Waals surface area contributed by atoms with Gasteiger partial charge >= 0.3 is 18.0 Å². The van der Waals surface area contributed by atoms with Crippen molar-refractivity contribution in [2.24, 2.45) is 23.7 Å². The second-order valence-corrected chi connectivity index (χ2v) is 18.3. The van der Waals surface area contributed by atoms with E-state index in [0.717, 1.165) is 0 Å². The van der Waals surface area contributed by atoms with Crippen LogP contribution in [-0.4, -0.2) is 132 Å². The van der Waals surface area contributed by atoms with Gasteiger partial charge in [-0.3, -0.25) is 28.8 Å². The van der Waals surface area contributed by atoms with E-state index in [-0.39, 0.29) is 37.5 Å². The van der Waals surface area contributed by atoms with Crippen molar-refractivity contribution >= 4 is 47.4 Å². The van der Waals surface area contributed by atoms with Crippen LogP contribution in [0.15, 0.2) is 54.6 Å². The number of amides is 5. The average Bonchev–Trinajstić information content (AvgIpc) is 3.79. The summed E-state index contributed by atoms with van der Waals surface area (Å²) in [4.78, 5) is 115. The zero-order chi connectivity index (χ0) is 49.7. The number of hydrogen-bond donors (Lipinski definition) is 4. The third kappa shape index (κ3) is 14.5. The maximum absolute atomic E-state index is 14.7. The van der Waals surface area contributed by atoms with Crippen LogP contribution in [0.4, 0.5) is 4.79 Å². The predicted molar refractivity (Wildman–Crippen MR) is 245 cm³/mol. The first-order valence-electron chi connectivity index (χ1n) is 23.1. The molecule has 18 heteroatoms. The SMILES string of the molecule is CC[C@H](C)[C@H]1NC(=O)[C@@H](NC(=O)Oc2ccccc2)[C@@H](C)OC(=O)[C@H](Cc2ccc(OC)cc2)N(C)C(=O)[C@@H]2CCCN2C(=O)[C@H](CC(C)C)NC(=O)[C@@H](C)C(=O)[C@H](C(C)C)OC(=O)C[C@@H]1O. The van der Waals surface area contributed by atoms with Gasteiger partial charge in [0.1, 0.15) is 41.8 Å². The molecule has 4 rings (SSSR count). The number of hydrogen-bond acceptors (Lipinski definition) is 13. The number of carbonyl (C=O) groups is 8. The number of ketones is 1. The quantitative estimate of drug-likeness (QED) is 0.197. The number of para-hydroxylation sites is 1. The van der Waals surface area contributed by atoms with Gasteiger partial charge in [-0.2, -0.15) is 0 Å². The molecule has 2 fully saturated rings. The van der Waals surface area contributed by atoms with Crippen LogP contribution in [-0.2, 0) is 49.5 Å². The van der Waals surface area contributed by atoms with Gasteiger partial charge in [0.05, 0.1) is 31.6 Å². The number of rotatable bonds is 10. The minimum absolute atomic E-state index is 0.0769. The summed E-state index contributed by atoms with van der Waals surface area (Å²) in [5, 5.41) is 19.5. The minimum atomic E-state index is -1.66. The molecule has 2 aromatic carbocycles. The smallest absolute Gasteiger partial charge is 0.413 e. The molecule has 0 radical (unpaired) electrons. The van der Waals surface area contributed by atoms with Crippen LogP contribution in [0.1, 0.15) is 93.1 Å². The Labute approximate surface area is 393 Å². The zero-order valence-corrected chi connectivity index (χ0v) is 40.3. The molecule has 0 bridgehead atoms. The van der Waals surface area contributed by atoms with Crippen LogP contribution in [0.25, 0.3) is 0 Å². The highest BCUT2D eigenvalue weighted by Crippen LogP contribution is 2.26. The Morgan fingerprint density at radius 3 is 2.13 bits per heavy atom. The lowest BCUT2D eigenvalue weighted by Gasteiger charge is -2.35. The molecule has 368 valence electrons. The van der Waals surface area contributed by atoms with Crippen molar-refractivity contribution in [2.75, 3.05) is 20.7 Å². The topological polar surface area (TPSA) is 236 Å². The lowest BCUT2D eigenvalue weighted by molar-refractivity contribution is -0.162. The first kappa shape index (κ1) is 53.6. The lowest BCUT2D eigenvalue weighted by Crippen LogP contribution is -2.59. The molecule has 0 aliphatic carbocycles. The van der Waals surface area contributed by atoms with E-state index >= 15 is 0 Å². The summed E-state index contributed by atoms with van der Waals surface area (Å²) < 4.78 is 22.4. The number of Topliss-reactive ketones (excluding diaryl/α,β-unsaturated/α-hetero) is 1. The van der Waals surface area contributed by atoms with Gasteiger partial charge in [0.15, 0.2) is 11.9 Å². The van der Waals surface area contributed by atoms with E-state index in [2.05, 4.69) is 16.0 Å². The summed E-state index contributed by atoms with van der Waals surface area (Å²) >= 11 is 0. The van der Waals surface area contributed by atoms with Crippen molar-refractivity contribution in [3.63, 3.8) is 0 Å². The Morgan fingerprint density at radius 1 is 0.881 bits per heavy atom. The van der Waals surface area contributed by atoms with Crippen LogP contribution in [0.5, 0.6) is 11.5 Å². The Bertz CT molecular complexity index is 2050. The molecule has 2 heterocycles. The Hall–Kier alpha value is -6.04. The molecular formula is C49H69N5O13. The first-order chi connectivity index (χ1) is 31.7. The van der Waals surface area contributed by atoms with E-state index in [1.54, 1.807) is 70.2 Å². The van der Waals surface area contributed by atoms with Crippen molar-refractivity contribution in [3.8, 4) is 11.5 Å². The molecular weight excluding hydrogens is 867 g/mol. The van der Waals surface area contributed by atoms with Crippen molar-refractivity contribution in [1.82, 2.24) is 25.8 Å². The number of methoxy groups -OCH3 is 1. The molecule has 0 spiro atoms. The number of likely N-dealkylation sites (N-methyl/N-ethyl adjacent to an activating group) is 1. The van der Waals surface area contributed by atoms with Gasteiger partial charge in [-0.15, -0.1) is 0 Å². The molecule has 0 unspecified atom stereocenters. The Kier molecular flexibility index (Phi) is 19.7. The third-order valence-electron chi connectivity index (χ3n) is 12.4. The Balaban J connectivity index is 1.83. The summed E-state index contributed by atoms with van der Waals surface area (Å²) in [5.74, 6) is -7.38. The van der Waals surface area contributed by atoms with Crippen LogP contribution >= 0.6 is 0 Å². The maximum atomic E-state index is 14.7. The summed E-state index contributed by atoms with van der Waals surface area (Å²) in [7, 11) is 2.92. The highest BCUT2D eigenvalue weighted by atomic mass is 16.6. The molecule has 2 saturated heterocycles. The second-order valence-electron chi connectivity index (χ2n) is 18.3. The number of aliphatic hydroxyl groups is 1.